The summed E-state index contributed by atoms with van der Waals surface area (Å²) in [6.45, 7) is 2.88. The van der Waals surface area contributed by atoms with Crippen LogP contribution in [0.3, 0.4) is 0 Å². The van der Waals surface area contributed by atoms with Crippen molar-refractivity contribution in [3.8, 4) is 5.75 Å². The molecule has 120 valence electrons. The van der Waals surface area contributed by atoms with E-state index in [9.17, 15) is 4.39 Å². The van der Waals surface area contributed by atoms with Gasteiger partial charge >= 0.3 is 0 Å². The van der Waals surface area contributed by atoms with E-state index in [1.165, 1.54) is 12.1 Å². The molecule has 6 nitrogen and oxygen atoms in total. The van der Waals surface area contributed by atoms with Crippen LogP contribution < -0.4 is 10.1 Å². The summed E-state index contributed by atoms with van der Waals surface area (Å²) in [5.41, 5.74) is 0. The van der Waals surface area contributed by atoms with Gasteiger partial charge in [-0.05, 0) is 31.3 Å². The fraction of sp³-hybridized carbons (Fsp3) is 0.429. The fourth-order valence-corrected chi connectivity index (χ4v) is 2.23. The van der Waals surface area contributed by atoms with Gasteiger partial charge in [-0.15, -0.1) is 12.4 Å². The number of benzene rings is 1. The molecule has 1 aromatic heterocycles. The summed E-state index contributed by atoms with van der Waals surface area (Å²) in [5.74, 6) is 1.33. The minimum Gasteiger partial charge on any atom is -0.484 e. The normalized spacial score (nSPS) is 18.7. The molecule has 1 N–H and O–H groups in total. The molecule has 0 amide bonds. The van der Waals surface area contributed by atoms with Crippen molar-refractivity contribution in [2.45, 2.75) is 12.6 Å². The number of ether oxygens (including phenoxy) is 1. The number of rotatable bonds is 4. The van der Waals surface area contributed by atoms with Gasteiger partial charge in [0, 0.05) is 19.6 Å². The van der Waals surface area contributed by atoms with Gasteiger partial charge < -0.3 is 14.6 Å². The summed E-state index contributed by atoms with van der Waals surface area (Å²) in [7, 11) is 2.04. The Balaban J connectivity index is 0.00000176. The summed E-state index contributed by atoms with van der Waals surface area (Å²) in [6, 6.07) is 5.92. The van der Waals surface area contributed by atoms with Crippen molar-refractivity contribution in [2.24, 2.45) is 0 Å². The summed E-state index contributed by atoms with van der Waals surface area (Å²) >= 11 is 0. The van der Waals surface area contributed by atoms with E-state index in [0.717, 1.165) is 19.6 Å². The third kappa shape index (κ3) is 3.94. The van der Waals surface area contributed by atoms with Crippen LogP contribution in [0.4, 0.5) is 4.39 Å². The highest BCUT2D eigenvalue weighted by Crippen LogP contribution is 2.18. The molecule has 0 bridgehead atoms. The van der Waals surface area contributed by atoms with Gasteiger partial charge in [0.05, 0.1) is 6.04 Å². The molecule has 22 heavy (non-hydrogen) atoms. The first-order valence-electron chi connectivity index (χ1n) is 6.84. The lowest BCUT2D eigenvalue weighted by atomic mass is 10.2. The molecule has 0 aliphatic carbocycles. The van der Waals surface area contributed by atoms with E-state index in [-0.39, 0.29) is 30.9 Å². The van der Waals surface area contributed by atoms with Crippen LogP contribution in [0, 0.1) is 5.82 Å². The van der Waals surface area contributed by atoms with Crippen molar-refractivity contribution in [3.63, 3.8) is 0 Å². The maximum absolute atomic E-state index is 12.8. The number of halogens is 2. The van der Waals surface area contributed by atoms with Crippen molar-refractivity contribution < 1.29 is 13.7 Å². The first kappa shape index (κ1) is 16.7. The Morgan fingerprint density at radius 3 is 2.91 bits per heavy atom. The van der Waals surface area contributed by atoms with Crippen LogP contribution in [0.5, 0.6) is 5.75 Å². The lowest BCUT2D eigenvalue weighted by Crippen LogP contribution is -2.44. The zero-order chi connectivity index (χ0) is 14.7. The quantitative estimate of drug-likeness (QED) is 0.923. The van der Waals surface area contributed by atoms with Crippen LogP contribution in [-0.4, -0.2) is 41.7 Å². The van der Waals surface area contributed by atoms with Crippen LogP contribution in [0.15, 0.2) is 28.8 Å². The molecule has 1 unspecified atom stereocenters. The number of hydrogen-bond acceptors (Lipinski definition) is 6. The van der Waals surface area contributed by atoms with Gasteiger partial charge in [-0.25, -0.2) is 4.39 Å². The lowest BCUT2D eigenvalue weighted by Gasteiger charge is -2.30. The number of piperazine rings is 1. The van der Waals surface area contributed by atoms with Gasteiger partial charge in [-0.1, -0.05) is 5.16 Å². The van der Waals surface area contributed by atoms with E-state index in [1.807, 2.05) is 7.05 Å². The van der Waals surface area contributed by atoms with E-state index in [1.54, 1.807) is 12.1 Å². The average Bonchev–Trinajstić information content (AvgIpc) is 2.96. The average molecular weight is 329 g/mol. The highest BCUT2D eigenvalue weighted by molar-refractivity contribution is 5.85. The van der Waals surface area contributed by atoms with E-state index >= 15 is 0 Å². The van der Waals surface area contributed by atoms with Crippen molar-refractivity contribution in [3.05, 3.63) is 41.8 Å². The smallest absolute Gasteiger partial charge is 0.264 e. The minimum absolute atomic E-state index is 0. The van der Waals surface area contributed by atoms with Crippen LogP contribution in [-0.2, 0) is 6.61 Å². The lowest BCUT2D eigenvalue weighted by molar-refractivity contribution is 0.189. The predicted molar refractivity (Wildman–Crippen MR) is 80.5 cm³/mol. The largest absolute Gasteiger partial charge is 0.484 e. The molecule has 1 fully saturated rings. The highest BCUT2D eigenvalue weighted by atomic mass is 35.5. The molecular formula is C14H18ClFN4O2. The van der Waals surface area contributed by atoms with Gasteiger partial charge in [0.1, 0.15) is 11.6 Å². The van der Waals surface area contributed by atoms with Crippen molar-refractivity contribution in [2.75, 3.05) is 26.7 Å². The Morgan fingerprint density at radius 1 is 1.41 bits per heavy atom. The first-order chi connectivity index (χ1) is 10.2. The monoisotopic (exact) mass is 328 g/mol. The van der Waals surface area contributed by atoms with Crippen molar-refractivity contribution in [1.29, 1.82) is 0 Å². The Labute approximate surface area is 134 Å². The predicted octanol–water partition coefficient (Wildman–Crippen LogP) is 1.79. The highest BCUT2D eigenvalue weighted by Gasteiger charge is 2.25. The van der Waals surface area contributed by atoms with Gasteiger partial charge in [0.25, 0.3) is 5.89 Å². The summed E-state index contributed by atoms with van der Waals surface area (Å²) in [5, 5.41) is 7.31. The standard InChI is InChI=1S/C14H17FN4O2.ClH/c1-19-7-6-16-8-12(19)14-17-13(21-18-14)9-20-11-4-2-10(15)3-5-11;/h2-5,12,16H,6-9H2,1H3;1H. The number of nitrogens with zero attached hydrogens (tertiary/aromatic N) is 3. The van der Waals surface area contributed by atoms with E-state index in [2.05, 4.69) is 20.4 Å². The number of nitrogens with one attached hydrogen (secondary N) is 1. The van der Waals surface area contributed by atoms with Crippen molar-refractivity contribution >= 4 is 12.4 Å². The number of likely N-dealkylation sites (N-methyl/N-ethyl adjacent to an activating group) is 1. The number of aromatic nitrogens is 2. The summed E-state index contributed by atoms with van der Waals surface area (Å²) in [4.78, 5) is 6.54. The Hall–Kier alpha value is -1.70. The second-order valence-electron chi connectivity index (χ2n) is 4.99. The molecule has 0 spiro atoms. The molecule has 2 heterocycles. The van der Waals surface area contributed by atoms with E-state index in [4.69, 9.17) is 9.26 Å². The van der Waals surface area contributed by atoms with Crippen LogP contribution in [0.1, 0.15) is 17.8 Å². The van der Waals surface area contributed by atoms with Crippen LogP contribution in [0.2, 0.25) is 0 Å². The van der Waals surface area contributed by atoms with Gasteiger partial charge in [-0.2, -0.15) is 4.98 Å². The van der Waals surface area contributed by atoms with E-state index < -0.39 is 0 Å². The van der Waals surface area contributed by atoms with Gasteiger partial charge in [0.15, 0.2) is 12.4 Å². The van der Waals surface area contributed by atoms with Gasteiger partial charge in [-0.3, -0.25) is 4.90 Å². The molecule has 1 atom stereocenters. The van der Waals surface area contributed by atoms with E-state index in [0.29, 0.717) is 17.5 Å². The van der Waals surface area contributed by atoms with Gasteiger partial charge in [0.2, 0.25) is 0 Å². The number of hydrogen-bond donors (Lipinski definition) is 1. The molecule has 1 saturated heterocycles. The third-order valence-electron chi connectivity index (χ3n) is 3.47. The Kier molecular flexibility index (Phi) is 5.70. The molecule has 0 saturated carbocycles. The minimum atomic E-state index is -0.296. The second-order valence-corrected chi connectivity index (χ2v) is 4.99. The molecule has 1 aromatic carbocycles. The summed E-state index contributed by atoms with van der Waals surface area (Å²) < 4.78 is 23.5. The fourth-order valence-electron chi connectivity index (χ4n) is 2.23. The zero-order valence-electron chi connectivity index (χ0n) is 12.2. The first-order valence-corrected chi connectivity index (χ1v) is 6.84. The zero-order valence-corrected chi connectivity index (χ0v) is 13.0. The topological polar surface area (TPSA) is 63.4 Å². The molecule has 1 aliphatic rings. The SMILES string of the molecule is CN1CCNCC1c1noc(COc2ccc(F)cc2)n1.Cl. The second kappa shape index (κ2) is 7.53. The molecular weight excluding hydrogens is 311 g/mol. The van der Waals surface area contributed by atoms with Crippen molar-refractivity contribution in [1.82, 2.24) is 20.4 Å². The third-order valence-corrected chi connectivity index (χ3v) is 3.47. The Morgan fingerprint density at radius 2 is 2.18 bits per heavy atom. The maximum atomic E-state index is 12.8. The van der Waals surface area contributed by atoms with Crippen LogP contribution in [0.25, 0.3) is 0 Å². The molecule has 8 heteroatoms. The van der Waals surface area contributed by atoms with Crippen LogP contribution >= 0.6 is 12.4 Å². The maximum Gasteiger partial charge on any atom is 0.264 e. The molecule has 1 aliphatic heterocycles. The Bertz CT molecular complexity index is 593. The molecule has 2 aromatic rings. The molecule has 3 rings (SSSR count). The summed E-state index contributed by atoms with van der Waals surface area (Å²) in [6.07, 6.45) is 0. The molecule has 0 radical (unpaired) electrons.